The number of hydrogen-bond donors (Lipinski definition) is 1. The summed E-state index contributed by atoms with van der Waals surface area (Å²) in [7, 11) is -3.67. The summed E-state index contributed by atoms with van der Waals surface area (Å²) in [5.41, 5.74) is 0.908. The van der Waals surface area contributed by atoms with Crippen LogP contribution in [0, 0.1) is 0 Å². The molecule has 1 aliphatic rings. The van der Waals surface area contributed by atoms with Crippen molar-refractivity contribution >= 4 is 10.0 Å². The average molecular weight is 311 g/mol. The Morgan fingerprint density at radius 3 is 2.29 bits per heavy atom. The van der Waals surface area contributed by atoms with E-state index in [1.54, 1.807) is 12.1 Å². The van der Waals surface area contributed by atoms with Crippen LogP contribution >= 0.6 is 0 Å². The SMILES string of the molecule is CC(C)c1cc(S(N)(=O)=O)ccc1OC1CCCCCC1. The molecule has 1 saturated carbocycles. The van der Waals surface area contributed by atoms with Crippen molar-refractivity contribution in [3.05, 3.63) is 23.8 Å². The van der Waals surface area contributed by atoms with Crippen LogP contribution < -0.4 is 9.88 Å². The van der Waals surface area contributed by atoms with Gasteiger partial charge >= 0.3 is 0 Å². The fourth-order valence-corrected chi connectivity index (χ4v) is 3.35. The molecular formula is C16H25NO3S. The minimum atomic E-state index is -3.67. The molecule has 0 radical (unpaired) electrons. The molecule has 0 aromatic heterocycles. The maximum absolute atomic E-state index is 11.5. The fraction of sp³-hybridized carbons (Fsp3) is 0.625. The Kier molecular flexibility index (Phi) is 5.27. The molecular weight excluding hydrogens is 286 g/mol. The smallest absolute Gasteiger partial charge is 0.238 e. The van der Waals surface area contributed by atoms with E-state index in [9.17, 15) is 8.42 Å². The second-order valence-corrected chi connectivity index (χ2v) is 7.69. The van der Waals surface area contributed by atoms with Crippen LogP contribution in [0.5, 0.6) is 5.75 Å². The van der Waals surface area contributed by atoms with Crippen molar-refractivity contribution in [3.63, 3.8) is 0 Å². The number of benzene rings is 1. The molecule has 0 heterocycles. The Bertz CT molecular complexity index is 573. The molecule has 0 aliphatic heterocycles. The van der Waals surface area contributed by atoms with Gasteiger partial charge in [0.05, 0.1) is 11.0 Å². The van der Waals surface area contributed by atoms with Gasteiger partial charge in [0.15, 0.2) is 0 Å². The molecule has 0 atom stereocenters. The minimum absolute atomic E-state index is 0.152. The Balaban J connectivity index is 2.26. The summed E-state index contributed by atoms with van der Waals surface area (Å²) in [4.78, 5) is 0.152. The van der Waals surface area contributed by atoms with E-state index in [-0.39, 0.29) is 16.9 Å². The molecule has 0 bridgehead atoms. The zero-order valence-corrected chi connectivity index (χ0v) is 13.7. The average Bonchev–Trinajstić information content (AvgIpc) is 2.66. The second-order valence-electron chi connectivity index (χ2n) is 6.13. The molecule has 118 valence electrons. The van der Waals surface area contributed by atoms with Crippen molar-refractivity contribution < 1.29 is 13.2 Å². The highest BCUT2D eigenvalue weighted by Gasteiger charge is 2.18. The molecule has 0 unspecified atom stereocenters. The van der Waals surface area contributed by atoms with E-state index in [1.165, 1.54) is 31.7 Å². The third-order valence-corrected chi connectivity index (χ3v) is 4.94. The number of sulfonamides is 1. The molecule has 5 heteroatoms. The first-order valence-corrected chi connectivity index (χ1v) is 9.26. The van der Waals surface area contributed by atoms with Crippen molar-refractivity contribution in [1.29, 1.82) is 0 Å². The Morgan fingerprint density at radius 2 is 1.76 bits per heavy atom. The van der Waals surface area contributed by atoms with Gasteiger partial charge in [-0.25, -0.2) is 13.6 Å². The molecule has 0 spiro atoms. The highest BCUT2D eigenvalue weighted by atomic mass is 32.2. The summed E-state index contributed by atoms with van der Waals surface area (Å²) < 4.78 is 29.1. The van der Waals surface area contributed by atoms with Crippen LogP contribution in [0.25, 0.3) is 0 Å². The van der Waals surface area contributed by atoms with E-state index < -0.39 is 10.0 Å². The van der Waals surface area contributed by atoms with Gasteiger partial charge in [0.25, 0.3) is 0 Å². The zero-order chi connectivity index (χ0) is 15.5. The van der Waals surface area contributed by atoms with Gasteiger partial charge in [-0.1, -0.05) is 26.7 Å². The quantitative estimate of drug-likeness (QED) is 0.864. The van der Waals surface area contributed by atoms with Crippen molar-refractivity contribution in [2.24, 2.45) is 5.14 Å². The van der Waals surface area contributed by atoms with Crippen LogP contribution in [-0.4, -0.2) is 14.5 Å². The van der Waals surface area contributed by atoms with Crippen molar-refractivity contribution in [2.75, 3.05) is 0 Å². The van der Waals surface area contributed by atoms with Gasteiger partial charge in [-0.3, -0.25) is 0 Å². The third-order valence-electron chi connectivity index (χ3n) is 4.03. The summed E-state index contributed by atoms with van der Waals surface area (Å²) in [6, 6.07) is 4.93. The Morgan fingerprint density at radius 1 is 1.14 bits per heavy atom. The topological polar surface area (TPSA) is 69.4 Å². The number of rotatable bonds is 4. The van der Waals surface area contributed by atoms with E-state index in [4.69, 9.17) is 9.88 Å². The first-order chi connectivity index (χ1) is 9.88. The van der Waals surface area contributed by atoms with Gasteiger partial charge in [-0.05, 0) is 55.4 Å². The van der Waals surface area contributed by atoms with Crippen LogP contribution in [0.3, 0.4) is 0 Å². The molecule has 1 aromatic carbocycles. The molecule has 1 fully saturated rings. The first-order valence-electron chi connectivity index (χ1n) is 7.71. The standard InChI is InChI=1S/C16H25NO3S/c1-12(2)15-11-14(21(17,18)19)9-10-16(15)20-13-7-5-3-4-6-8-13/h9-13H,3-8H2,1-2H3,(H2,17,18,19). The van der Waals surface area contributed by atoms with E-state index in [0.29, 0.717) is 0 Å². The van der Waals surface area contributed by atoms with Crippen molar-refractivity contribution in [1.82, 2.24) is 0 Å². The molecule has 21 heavy (non-hydrogen) atoms. The lowest BCUT2D eigenvalue weighted by Gasteiger charge is -2.21. The monoisotopic (exact) mass is 311 g/mol. The first kappa shape index (κ1) is 16.3. The van der Waals surface area contributed by atoms with Crippen LogP contribution in [0.15, 0.2) is 23.1 Å². The van der Waals surface area contributed by atoms with Gasteiger partial charge in [0, 0.05) is 0 Å². The molecule has 0 amide bonds. The molecule has 1 aromatic rings. The maximum atomic E-state index is 11.5. The van der Waals surface area contributed by atoms with Crippen molar-refractivity contribution in [3.8, 4) is 5.75 Å². The van der Waals surface area contributed by atoms with Gasteiger partial charge in [-0.2, -0.15) is 0 Å². The summed E-state index contributed by atoms with van der Waals surface area (Å²) in [6.45, 7) is 4.06. The molecule has 0 saturated heterocycles. The van der Waals surface area contributed by atoms with Crippen molar-refractivity contribution in [2.45, 2.75) is 69.3 Å². The lowest BCUT2D eigenvalue weighted by atomic mass is 10.0. The highest BCUT2D eigenvalue weighted by molar-refractivity contribution is 7.89. The lowest BCUT2D eigenvalue weighted by Crippen LogP contribution is -2.17. The number of nitrogens with two attached hydrogens (primary N) is 1. The predicted octanol–water partition coefficient (Wildman–Crippen LogP) is 3.56. The summed E-state index contributed by atoms with van der Waals surface area (Å²) >= 11 is 0. The van der Waals surface area contributed by atoms with Gasteiger partial charge in [-0.15, -0.1) is 0 Å². The van der Waals surface area contributed by atoms with Crippen LogP contribution in [0.4, 0.5) is 0 Å². The zero-order valence-electron chi connectivity index (χ0n) is 12.8. The van der Waals surface area contributed by atoms with Crippen LogP contribution in [0.2, 0.25) is 0 Å². The molecule has 2 rings (SSSR count). The van der Waals surface area contributed by atoms with Gasteiger partial charge < -0.3 is 4.74 Å². The normalized spacial score (nSPS) is 17.7. The summed E-state index contributed by atoms with van der Waals surface area (Å²) in [5, 5.41) is 5.21. The molecule has 4 nitrogen and oxygen atoms in total. The Hall–Kier alpha value is -1.07. The number of ether oxygens (including phenoxy) is 1. The lowest BCUT2D eigenvalue weighted by molar-refractivity contribution is 0.181. The summed E-state index contributed by atoms with van der Waals surface area (Å²) in [6.07, 6.45) is 7.37. The van der Waals surface area contributed by atoms with Crippen LogP contribution in [0.1, 0.15) is 63.9 Å². The van der Waals surface area contributed by atoms with Crippen LogP contribution in [-0.2, 0) is 10.0 Å². The van der Waals surface area contributed by atoms with E-state index in [1.807, 2.05) is 13.8 Å². The third kappa shape index (κ3) is 4.45. The summed E-state index contributed by atoms with van der Waals surface area (Å²) in [5.74, 6) is 0.983. The highest BCUT2D eigenvalue weighted by Crippen LogP contribution is 2.31. The van der Waals surface area contributed by atoms with E-state index in [0.717, 1.165) is 24.2 Å². The van der Waals surface area contributed by atoms with Gasteiger partial charge in [0.1, 0.15) is 5.75 Å². The maximum Gasteiger partial charge on any atom is 0.238 e. The van der Waals surface area contributed by atoms with E-state index in [2.05, 4.69) is 0 Å². The number of primary sulfonamides is 1. The van der Waals surface area contributed by atoms with E-state index >= 15 is 0 Å². The number of hydrogen-bond acceptors (Lipinski definition) is 3. The minimum Gasteiger partial charge on any atom is -0.490 e. The Labute approximate surface area is 127 Å². The second kappa shape index (κ2) is 6.79. The predicted molar refractivity (Wildman–Crippen MR) is 84.0 cm³/mol. The van der Waals surface area contributed by atoms with Gasteiger partial charge in [0.2, 0.25) is 10.0 Å². The molecule has 1 aliphatic carbocycles. The molecule has 2 N–H and O–H groups in total. The largest absolute Gasteiger partial charge is 0.490 e. The fourth-order valence-electron chi connectivity index (χ4n) is 2.80.